The number of nitrogens with zero attached hydrogens (tertiary/aromatic N) is 3. The van der Waals surface area contributed by atoms with Crippen molar-refractivity contribution in [2.45, 2.75) is 5.54 Å². The molecule has 292 valence electrons. The summed E-state index contributed by atoms with van der Waals surface area (Å²) in [5, 5.41) is 54.4. The van der Waals surface area contributed by atoms with Crippen molar-refractivity contribution in [1.82, 2.24) is 0 Å². The Morgan fingerprint density at radius 1 is 0.661 bits per heavy atom. The van der Waals surface area contributed by atoms with Crippen LogP contribution in [-0.4, -0.2) is 76.6 Å². The highest BCUT2D eigenvalue weighted by Crippen LogP contribution is 2.60. The first kappa shape index (κ1) is 36.6. The van der Waals surface area contributed by atoms with Crippen LogP contribution in [0, 0.1) is 0 Å². The minimum absolute atomic E-state index is 0.0180. The lowest BCUT2D eigenvalue weighted by Gasteiger charge is -2.42. The van der Waals surface area contributed by atoms with Crippen LogP contribution in [0.25, 0.3) is 22.4 Å². The maximum Gasteiger partial charge on any atom is 0.337 e. The summed E-state index contributed by atoms with van der Waals surface area (Å²) in [7, 11) is 4.07. The number of Topliss-reactive ketones (excluding diaryl/α,β-unsaturated/α-hetero) is 1. The first-order valence-electron chi connectivity index (χ1n) is 18.2. The van der Waals surface area contributed by atoms with Crippen molar-refractivity contribution >= 4 is 63.7 Å². The van der Waals surface area contributed by atoms with Gasteiger partial charge in [-0.1, -0.05) is 36.4 Å². The summed E-state index contributed by atoms with van der Waals surface area (Å²) in [5.74, 6) is -3.66. The van der Waals surface area contributed by atoms with E-state index in [1.54, 1.807) is 41.6 Å². The number of rotatable bonds is 7. The van der Waals surface area contributed by atoms with Crippen molar-refractivity contribution in [3.05, 3.63) is 142 Å². The molecule has 3 aliphatic heterocycles. The predicted octanol–water partition coefficient (Wildman–Crippen LogP) is 7.84. The number of ketones is 1. The van der Waals surface area contributed by atoms with Crippen LogP contribution in [-0.2, 0) is 4.79 Å². The van der Waals surface area contributed by atoms with E-state index >= 15 is 4.79 Å². The summed E-state index contributed by atoms with van der Waals surface area (Å²) in [6, 6.07) is 24.4. The maximum atomic E-state index is 16.4. The number of aromatic carboxylic acids is 1. The van der Waals surface area contributed by atoms with Gasteiger partial charge in [0.15, 0.2) is 34.3 Å². The number of ether oxygens (including phenoxy) is 3. The molecule has 3 heterocycles. The van der Waals surface area contributed by atoms with E-state index in [1.165, 1.54) is 45.6 Å². The molecule has 1 atom stereocenters. The number of carboxylic acid groups (broad SMARTS) is 1. The van der Waals surface area contributed by atoms with Gasteiger partial charge in [0.1, 0.15) is 5.75 Å². The van der Waals surface area contributed by atoms with Gasteiger partial charge in [0.05, 0.1) is 49.7 Å². The van der Waals surface area contributed by atoms with Gasteiger partial charge in [-0.25, -0.2) is 4.79 Å². The van der Waals surface area contributed by atoms with Crippen molar-refractivity contribution < 1.29 is 49.3 Å². The number of phenols is 4. The molecule has 0 bridgehead atoms. The molecule has 5 aromatic carbocycles. The Bertz CT molecular complexity index is 2880. The van der Waals surface area contributed by atoms with Crippen LogP contribution in [0.2, 0.25) is 0 Å². The van der Waals surface area contributed by atoms with Gasteiger partial charge in [-0.3, -0.25) is 14.8 Å². The molecule has 1 spiro atoms. The lowest BCUT2D eigenvalue weighted by molar-refractivity contribution is -0.116. The number of methoxy groups -OCH3 is 3. The van der Waals surface area contributed by atoms with E-state index in [0.29, 0.717) is 50.4 Å². The second kappa shape index (κ2) is 13.6. The van der Waals surface area contributed by atoms with Crippen molar-refractivity contribution in [2.24, 2.45) is 9.98 Å². The van der Waals surface area contributed by atoms with Crippen LogP contribution < -0.4 is 19.1 Å². The topological polar surface area (TPSA) is 191 Å². The fourth-order valence-corrected chi connectivity index (χ4v) is 8.32. The molecule has 13 heteroatoms. The molecule has 59 heavy (non-hydrogen) atoms. The van der Waals surface area contributed by atoms with Crippen LogP contribution in [0.5, 0.6) is 40.2 Å². The third-order valence-electron chi connectivity index (χ3n) is 10.9. The summed E-state index contributed by atoms with van der Waals surface area (Å²) in [6.45, 7) is 0. The average Bonchev–Trinajstić information content (AvgIpc) is 4.02. The summed E-state index contributed by atoms with van der Waals surface area (Å²) in [5.41, 5.74) is 2.93. The first-order valence-corrected chi connectivity index (χ1v) is 18.2. The number of carboxylic acids is 1. The molecule has 4 aliphatic rings. The van der Waals surface area contributed by atoms with E-state index in [2.05, 4.69) is 4.99 Å². The number of carbonyl (C=O) groups is 2. The highest BCUT2D eigenvalue weighted by Gasteiger charge is 2.61. The summed E-state index contributed by atoms with van der Waals surface area (Å²) >= 11 is 0. The molecule has 0 saturated carbocycles. The fourth-order valence-electron chi connectivity index (χ4n) is 8.32. The second-order valence-electron chi connectivity index (χ2n) is 14.0. The minimum Gasteiger partial charge on any atom is -0.508 e. The molecule has 5 N–H and O–H groups in total. The highest BCUT2D eigenvalue weighted by molar-refractivity contribution is 6.37. The number of phenolic OH excluding ortho intramolecular Hbond substituents is 4. The van der Waals surface area contributed by atoms with E-state index in [1.807, 2.05) is 48.5 Å². The molecule has 13 nitrogen and oxygen atoms in total. The van der Waals surface area contributed by atoms with Crippen molar-refractivity contribution in [1.29, 1.82) is 0 Å². The lowest BCUT2D eigenvalue weighted by atomic mass is 9.76. The standard InChI is InChI=1S/C46H33N3O10/c1-57-39-17-24(14-38(51)42(39)52)37-20-33(31-22-48-35-11-7-5-9-27(31)35)46(49(37)36-13-12-25(50)18-29(36)45(55)56)32(23-15-40(58-2)43(53)41(16-23)59-3)19-28(44(46)54)30-21-47-34-10-6-4-8-26(30)34/h4-22,50-53H,1-3H3,(H,55,56). The Morgan fingerprint density at radius 3 is 1.86 bits per heavy atom. The van der Waals surface area contributed by atoms with Crippen molar-refractivity contribution in [3.63, 3.8) is 0 Å². The number of carbonyl (C=O) groups excluding carboxylic acids is 1. The maximum absolute atomic E-state index is 16.4. The molecular formula is C46H33N3O10. The van der Waals surface area contributed by atoms with Gasteiger partial charge < -0.3 is 44.6 Å². The van der Waals surface area contributed by atoms with Crippen LogP contribution in [0.3, 0.4) is 0 Å². The van der Waals surface area contributed by atoms with E-state index < -0.39 is 28.8 Å². The van der Waals surface area contributed by atoms with Crippen molar-refractivity contribution in [3.8, 4) is 40.2 Å². The molecule has 5 aromatic rings. The number of benzene rings is 5. The molecule has 0 amide bonds. The number of allylic oxidation sites excluding steroid dienone is 3. The number of aromatic hydroxyl groups is 4. The van der Waals surface area contributed by atoms with Crippen LogP contribution in [0.1, 0.15) is 32.6 Å². The highest BCUT2D eigenvalue weighted by atomic mass is 16.5. The molecule has 0 saturated heterocycles. The quantitative estimate of drug-likeness (QED) is 0.0798. The van der Waals surface area contributed by atoms with Gasteiger partial charge in [0.25, 0.3) is 0 Å². The second-order valence-corrected chi connectivity index (χ2v) is 14.0. The third kappa shape index (κ3) is 5.32. The van der Waals surface area contributed by atoms with E-state index in [-0.39, 0.29) is 56.8 Å². The van der Waals surface area contributed by atoms with Crippen LogP contribution in [0.4, 0.5) is 17.1 Å². The van der Waals surface area contributed by atoms with Gasteiger partial charge in [0, 0.05) is 51.4 Å². The summed E-state index contributed by atoms with van der Waals surface area (Å²) in [4.78, 5) is 40.5. The minimum atomic E-state index is -2.02. The number of aliphatic imine (C=N–C) groups is 2. The van der Waals surface area contributed by atoms with E-state index in [4.69, 9.17) is 19.2 Å². The molecule has 1 unspecified atom stereocenters. The Balaban J connectivity index is 1.49. The van der Waals surface area contributed by atoms with Gasteiger partial charge in [-0.2, -0.15) is 0 Å². The number of anilines is 1. The summed E-state index contributed by atoms with van der Waals surface area (Å²) in [6.07, 6.45) is 6.69. The van der Waals surface area contributed by atoms with Gasteiger partial charge >= 0.3 is 5.97 Å². The number of para-hydroxylation sites is 2. The van der Waals surface area contributed by atoms with Gasteiger partial charge in [0.2, 0.25) is 11.5 Å². The largest absolute Gasteiger partial charge is 0.508 e. The molecular weight excluding hydrogens is 755 g/mol. The monoisotopic (exact) mass is 787 g/mol. The molecule has 0 radical (unpaired) electrons. The molecule has 9 rings (SSSR count). The van der Waals surface area contributed by atoms with Gasteiger partial charge in [-0.05, 0) is 77.9 Å². The number of hydrogen-bond donors (Lipinski definition) is 5. The zero-order valence-electron chi connectivity index (χ0n) is 31.6. The Labute approximate surface area is 336 Å². The number of fused-ring (bicyclic) bond motifs is 2. The van der Waals surface area contributed by atoms with Crippen LogP contribution in [0.15, 0.2) is 124 Å². The Morgan fingerprint density at radius 2 is 1.24 bits per heavy atom. The molecule has 1 aliphatic carbocycles. The smallest absolute Gasteiger partial charge is 0.337 e. The zero-order valence-corrected chi connectivity index (χ0v) is 31.6. The first-order chi connectivity index (χ1) is 28.5. The third-order valence-corrected chi connectivity index (χ3v) is 10.9. The number of hydrogen-bond acceptors (Lipinski definition) is 12. The van der Waals surface area contributed by atoms with Crippen LogP contribution >= 0.6 is 0 Å². The van der Waals surface area contributed by atoms with E-state index in [0.717, 1.165) is 6.07 Å². The fraction of sp³-hybridized carbons (Fsp3) is 0.0870. The van der Waals surface area contributed by atoms with Crippen molar-refractivity contribution in [2.75, 3.05) is 26.2 Å². The molecule has 0 fully saturated rings. The SMILES string of the molecule is COc1cc(C2=CC(=C3C=Nc4ccccc43)C3(C(=O)C(=C4C=Nc5ccccc54)C=C3c3cc(OC)c(O)c(OC)c3)N2c2ccc(O)cc2C(=O)O)cc(O)c1O. The zero-order chi connectivity index (χ0) is 41.3. The predicted molar refractivity (Wildman–Crippen MR) is 222 cm³/mol. The van der Waals surface area contributed by atoms with E-state index in [9.17, 15) is 30.3 Å². The Hall–Kier alpha value is -8.06. The normalized spacial score (nSPS) is 19.9. The summed E-state index contributed by atoms with van der Waals surface area (Å²) < 4.78 is 16.7. The molecule has 0 aromatic heterocycles. The van der Waals surface area contributed by atoms with Gasteiger partial charge in [-0.15, -0.1) is 0 Å². The Kier molecular flexibility index (Phi) is 8.40. The average molecular weight is 788 g/mol. The lowest BCUT2D eigenvalue weighted by Crippen LogP contribution is -2.52.